The van der Waals surface area contributed by atoms with Gasteiger partial charge in [0.2, 0.25) is 5.78 Å². The first-order chi connectivity index (χ1) is 12.7. The molecule has 0 aliphatic rings. The largest absolute Gasteiger partial charge is 0.506 e. The van der Waals surface area contributed by atoms with Gasteiger partial charge in [-0.25, -0.2) is 0 Å². The predicted octanol–water partition coefficient (Wildman–Crippen LogP) is 4.86. The van der Waals surface area contributed by atoms with Gasteiger partial charge < -0.3 is 5.11 Å². The van der Waals surface area contributed by atoms with Crippen molar-refractivity contribution in [3.63, 3.8) is 0 Å². The van der Waals surface area contributed by atoms with Crippen molar-refractivity contribution >= 4 is 33.6 Å². The zero-order valence-corrected chi connectivity index (χ0v) is 15.3. The number of nitrogens with zero attached hydrogens (tertiary/aromatic N) is 2. The Bertz CT molecular complexity index is 968. The molecule has 0 atom stereocenters. The van der Waals surface area contributed by atoms with Crippen molar-refractivity contribution in [3.05, 3.63) is 100 Å². The van der Waals surface area contributed by atoms with E-state index in [2.05, 4.69) is 26.1 Å². The van der Waals surface area contributed by atoms with Gasteiger partial charge in [0.25, 0.3) is 0 Å². The molecule has 0 aromatic heterocycles. The number of ketones is 1. The molecule has 0 unspecified atom stereocenters. The Morgan fingerprint density at radius 3 is 2.12 bits per heavy atom. The number of hydrogen-bond acceptors (Lipinski definition) is 4. The summed E-state index contributed by atoms with van der Waals surface area (Å²) in [6, 6.07) is 23.3. The maximum absolute atomic E-state index is 12.8. The summed E-state index contributed by atoms with van der Waals surface area (Å²) in [5.74, 6) is -0.144. The van der Waals surface area contributed by atoms with Crippen molar-refractivity contribution < 1.29 is 9.90 Å². The van der Waals surface area contributed by atoms with E-state index < -0.39 is 0 Å². The SMILES string of the molecule is O=C(/C(=N/N=C/c1cccc(Br)c1O)c1ccccc1)c1ccccc1. The van der Waals surface area contributed by atoms with E-state index in [1.54, 1.807) is 42.5 Å². The number of benzene rings is 3. The van der Waals surface area contributed by atoms with Crippen LogP contribution in [-0.2, 0) is 0 Å². The molecule has 0 aliphatic carbocycles. The molecule has 4 nitrogen and oxygen atoms in total. The third-order valence-electron chi connectivity index (χ3n) is 3.67. The summed E-state index contributed by atoms with van der Waals surface area (Å²) in [4.78, 5) is 12.8. The van der Waals surface area contributed by atoms with Gasteiger partial charge in [-0.1, -0.05) is 66.7 Å². The first-order valence-corrected chi connectivity index (χ1v) is 8.70. The van der Waals surface area contributed by atoms with E-state index in [1.807, 2.05) is 36.4 Å². The highest BCUT2D eigenvalue weighted by atomic mass is 79.9. The number of phenols is 1. The first kappa shape index (κ1) is 17.8. The van der Waals surface area contributed by atoms with Crippen molar-refractivity contribution in [1.82, 2.24) is 0 Å². The second-order valence-electron chi connectivity index (χ2n) is 5.43. The summed E-state index contributed by atoms with van der Waals surface area (Å²) in [5.41, 5.74) is 1.96. The molecule has 0 fully saturated rings. The van der Waals surface area contributed by atoms with Crippen molar-refractivity contribution in [2.24, 2.45) is 10.2 Å². The van der Waals surface area contributed by atoms with E-state index in [0.717, 1.165) is 0 Å². The van der Waals surface area contributed by atoms with E-state index in [0.29, 0.717) is 21.2 Å². The smallest absolute Gasteiger partial charge is 0.213 e. The van der Waals surface area contributed by atoms with Crippen LogP contribution in [0.2, 0.25) is 0 Å². The minimum atomic E-state index is -0.215. The van der Waals surface area contributed by atoms with Gasteiger partial charge in [-0.3, -0.25) is 4.79 Å². The molecule has 128 valence electrons. The number of carbonyl (C=O) groups is 1. The topological polar surface area (TPSA) is 62.0 Å². The fourth-order valence-corrected chi connectivity index (χ4v) is 2.72. The van der Waals surface area contributed by atoms with Crippen molar-refractivity contribution in [2.45, 2.75) is 0 Å². The van der Waals surface area contributed by atoms with E-state index in [4.69, 9.17) is 0 Å². The Hall–Kier alpha value is -3.05. The molecule has 0 saturated carbocycles. The minimum Gasteiger partial charge on any atom is -0.506 e. The van der Waals surface area contributed by atoms with Crippen LogP contribution in [0.3, 0.4) is 0 Å². The van der Waals surface area contributed by atoms with E-state index in [9.17, 15) is 9.90 Å². The van der Waals surface area contributed by atoms with Crippen LogP contribution in [0, 0.1) is 0 Å². The number of carbonyl (C=O) groups excluding carboxylic acids is 1. The molecular weight excluding hydrogens is 392 g/mol. The second kappa shape index (κ2) is 8.36. The average molecular weight is 407 g/mol. The number of halogens is 1. The Balaban J connectivity index is 1.98. The van der Waals surface area contributed by atoms with E-state index in [1.165, 1.54) is 6.21 Å². The molecule has 0 amide bonds. The summed E-state index contributed by atoms with van der Waals surface area (Å²) in [6.45, 7) is 0. The summed E-state index contributed by atoms with van der Waals surface area (Å²) in [5, 5.41) is 18.2. The fourth-order valence-electron chi connectivity index (χ4n) is 2.34. The van der Waals surface area contributed by atoms with Crippen LogP contribution in [0.1, 0.15) is 21.5 Å². The lowest BCUT2D eigenvalue weighted by Crippen LogP contribution is -2.15. The van der Waals surface area contributed by atoms with Gasteiger partial charge in [-0.05, 0) is 28.1 Å². The van der Waals surface area contributed by atoms with Gasteiger partial charge in [-0.2, -0.15) is 5.10 Å². The zero-order chi connectivity index (χ0) is 18.4. The van der Waals surface area contributed by atoms with Crippen LogP contribution in [0.15, 0.2) is 93.5 Å². The lowest BCUT2D eigenvalue weighted by atomic mass is 10.0. The molecule has 0 aliphatic heterocycles. The minimum absolute atomic E-state index is 0.0714. The van der Waals surface area contributed by atoms with Crippen molar-refractivity contribution in [3.8, 4) is 5.75 Å². The van der Waals surface area contributed by atoms with E-state index in [-0.39, 0.29) is 17.2 Å². The lowest BCUT2D eigenvalue weighted by molar-refractivity contribution is 0.106. The highest BCUT2D eigenvalue weighted by Gasteiger charge is 2.16. The summed E-state index contributed by atoms with van der Waals surface area (Å²) in [6.07, 6.45) is 1.42. The van der Waals surface area contributed by atoms with Gasteiger partial charge >= 0.3 is 0 Å². The number of Topliss-reactive ketones (excluding diaryl/α,β-unsaturated/α-hetero) is 1. The second-order valence-corrected chi connectivity index (χ2v) is 6.29. The van der Waals surface area contributed by atoms with Gasteiger partial charge in [-0.15, -0.1) is 5.10 Å². The highest BCUT2D eigenvalue weighted by molar-refractivity contribution is 9.10. The molecule has 3 rings (SSSR count). The monoisotopic (exact) mass is 406 g/mol. The maximum atomic E-state index is 12.8. The summed E-state index contributed by atoms with van der Waals surface area (Å²) >= 11 is 3.26. The fraction of sp³-hybridized carbons (Fsp3) is 0. The van der Waals surface area contributed by atoms with Gasteiger partial charge in [0, 0.05) is 16.7 Å². The standard InChI is InChI=1S/C21H15BrN2O2/c22-18-13-7-12-17(20(18)25)14-23-24-19(15-8-3-1-4-9-15)21(26)16-10-5-2-6-11-16/h1-14,25H/b23-14+,24-19+. The van der Waals surface area contributed by atoms with Crippen LogP contribution < -0.4 is 0 Å². The number of aromatic hydroxyl groups is 1. The van der Waals surface area contributed by atoms with Crippen LogP contribution in [0.25, 0.3) is 0 Å². The summed E-state index contributed by atoms with van der Waals surface area (Å²) < 4.78 is 0.564. The van der Waals surface area contributed by atoms with Crippen molar-refractivity contribution in [1.29, 1.82) is 0 Å². The van der Waals surface area contributed by atoms with Gasteiger partial charge in [0.1, 0.15) is 11.5 Å². The molecular formula is C21H15BrN2O2. The molecule has 3 aromatic rings. The average Bonchev–Trinajstić information content (AvgIpc) is 2.69. The van der Waals surface area contributed by atoms with Gasteiger partial charge in [0.15, 0.2) is 0 Å². The molecule has 0 heterocycles. The zero-order valence-electron chi connectivity index (χ0n) is 13.7. The maximum Gasteiger partial charge on any atom is 0.213 e. The quantitative estimate of drug-likeness (QED) is 0.373. The number of para-hydroxylation sites is 1. The lowest BCUT2D eigenvalue weighted by Gasteiger charge is -2.04. The number of phenolic OH excluding ortho intramolecular Hbond substituents is 1. The normalized spacial score (nSPS) is 11.7. The molecule has 1 N–H and O–H groups in total. The summed E-state index contributed by atoms with van der Waals surface area (Å²) in [7, 11) is 0. The molecule has 0 radical (unpaired) electrons. The first-order valence-electron chi connectivity index (χ1n) is 7.90. The molecule has 5 heteroatoms. The molecule has 0 saturated heterocycles. The Morgan fingerprint density at radius 2 is 1.46 bits per heavy atom. The van der Waals surface area contributed by atoms with Crippen LogP contribution in [0.5, 0.6) is 5.75 Å². The Labute approximate surface area is 159 Å². The van der Waals surface area contributed by atoms with E-state index >= 15 is 0 Å². The van der Waals surface area contributed by atoms with Gasteiger partial charge in [0.05, 0.1) is 10.7 Å². The van der Waals surface area contributed by atoms with Crippen LogP contribution in [0.4, 0.5) is 0 Å². The third kappa shape index (κ3) is 4.13. The van der Waals surface area contributed by atoms with Crippen molar-refractivity contribution in [2.75, 3.05) is 0 Å². The Kier molecular flexibility index (Phi) is 5.71. The highest BCUT2D eigenvalue weighted by Crippen LogP contribution is 2.26. The molecule has 26 heavy (non-hydrogen) atoms. The number of hydrogen-bond donors (Lipinski definition) is 1. The van der Waals surface area contributed by atoms with Crippen LogP contribution >= 0.6 is 15.9 Å². The molecule has 0 bridgehead atoms. The van der Waals surface area contributed by atoms with Crippen LogP contribution in [-0.4, -0.2) is 22.8 Å². The predicted molar refractivity (Wildman–Crippen MR) is 107 cm³/mol. The third-order valence-corrected chi connectivity index (χ3v) is 4.31. The number of rotatable bonds is 5. The molecule has 3 aromatic carbocycles. The molecule has 0 spiro atoms. The Morgan fingerprint density at radius 1 is 0.846 bits per heavy atom.